The normalized spacial score (nSPS) is 11.2. The molecule has 0 fully saturated rings. The van der Waals surface area contributed by atoms with Gasteiger partial charge in [-0.2, -0.15) is 0 Å². The zero-order chi connectivity index (χ0) is 18.6. The summed E-state index contributed by atoms with van der Waals surface area (Å²) < 4.78 is 9.50. The Morgan fingerprint density at radius 1 is 1.15 bits per heavy atom. The van der Waals surface area contributed by atoms with Gasteiger partial charge in [0.2, 0.25) is 5.16 Å². The number of hydrogen-bond acceptors (Lipinski definition) is 7. The predicted molar refractivity (Wildman–Crippen MR) is 101 cm³/mol. The average Bonchev–Trinajstić information content (AvgIpc) is 3.42. The lowest BCUT2D eigenvalue weighted by molar-refractivity contribution is 0.248. The number of furan rings is 1. The van der Waals surface area contributed by atoms with E-state index in [0.717, 1.165) is 27.9 Å². The number of thioether (sulfide) groups is 1. The monoisotopic (exact) mass is 382 g/mol. The summed E-state index contributed by atoms with van der Waals surface area (Å²) in [5.41, 5.74) is 2.75. The van der Waals surface area contributed by atoms with E-state index in [1.807, 2.05) is 49.8 Å². The number of hydrogen-bond donors (Lipinski definition) is 1. The molecule has 0 saturated heterocycles. The molecule has 8 nitrogen and oxygen atoms in total. The van der Waals surface area contributed by atoms with Crippen LogP contribution >= 0.6 is 11.8 Å². The fourth-order valence-electron chi connectivity index (χ4n) is 2.79. The van der Waals surface area contributed by atoms with Gasteiger partial charge in [0.25, 0.3) is 0 Å². The van der Waals surface area contributed by atoms with E-state index in [4.69, 9.17) is 4.42 Å². The number of benzene rings is 1. The lowest BCUT2D eigenvalue weighted by Crippen LogP contribution is -2.03. The van der Waals surface area contributed by atoms with Crippen LogP contribution < -0.4 is 0 Å². The van der Waals surface area contributed by atoms with Crippen molar-refractivity contribution in [1.29, 1.82) is 0 Å². The van der Waals surface area contributed by atoms with Gasteiger partial charge in [0.15, 0.2) is 5.76 Å². The quantitative estimate of drug-likeness (QED) is 0.491. The number of aryl methyl sites for hydroxylation is 2. The van der Waals surface area contributed by atoms with Gasteiger partial charge in [-0.25, -0.2) is 9.67 Å². The summed E-state index contributed by atoms with van der Waals surface area (Å²) in [6.45, 7) is 0.575. The molecule has 4 rings (SSSR count). The topological polar surface area (TPSA) is 94.8 Å². The van der Waals surface area contributed by atoms with Crippen LogP contribution in [-0.2, 0) is 20.2 Å². The third-order valence-corrected chi connectivity index (χ3v) is 5.07. The van der Waals surface area contributed by atoms with Crippen molar-refractivity contribution in [2.75, 3.05) is 5.75 Å². The molecule has 0 bridgehead atoms. The molecule has 4 aromatic rings. The number of nitrogens with zero attached hydrogens (tertiary/aromatic N) is 6. The second-order valence-corrected chi connectivity index (χ2v) is 6.92. The van der Waals surface area contributed by atoms with E-state index in [1.54, 1.807) is 22.5 Å². The van der Waals surface area contributed by atoms with Crippen LogP contribution in [0.4, 0.5) is 0 Å². The van der Waals surface area contributed by atoms with Gasteiger partial charge < -0.3 is 14.1 Å². The minimum atomic E-state index is -0.135. The summed E-state index contributed by atoms with van der Waals surface area (Å²) in [4.78, 5) is 4.62. The molecule has 0 aliphatic heterocycles. The number of aliphatic hydroxyl groups excluding tert-OH is 1. The van der Waals surface area contributed by atoms with Crippen molar-refractivity contribution in [3.8, 4) is 22.7 Å². The van der Waals surface area contributed by atoms with E-state index < -0.39 is 0 Å². The molecule has 138 valence electrons. The summed E-state index contributed by atoms with van der Waals surface area (Å²) in [6, 6.07) is 13.6. The first-order valence-electron chi connectivity index (χ1n) is 8.42. The molecule has 1 N–H and O–H groups in total. The standard InChI is InChI=1S/C18H18N6O2S/c1-23-18(20-21-22-23)27-10-9-24-12-19-16(13-5-3-2-4-6-13)17(24)15-8-7-14(11-25)26-15/h2-8,12,25H,9-11H2,1H3. The zero-order valence-electron chi connectivity index (χ0n) is 14.7. The summed E-state index contributed by atoms with van der Waals surface area (Å²) >= 11 is 1.57. The second-order valence-electron chi connectivity index (χ2n) is 5.86. The SMILES string of the molecule is Cn1nnnc1SCCn1cnc(-c2ccccc2)c1-c1ccc(CO)o1. The van der Waals surface area contributed by atoms with Crippen LogP contribution in [0.1, 0.15) is 5.76 Å². The first-order chi connectivity index (χ1) is 13.3. The third kappa shape index (κ3) is 3.64. The molecule has 0 spiro atoms. The lowest BCUT2D eigenvalue weighted by Gasteiger charge is -2.08. The number of aliphatic hydroxyl groups is 1. The van der Waals surface area contributed by atoms with Gasteiger partial charge in [0, 0.05) is 24.9 Å². The fraction of sp³-hybridized carbons (Fsp3) is 0.222. The highest BCUT2D eigenvalue weighted by Gasteiger charge is 2.18. The number of aromatic nitrogens is 6. The van der Waals surface area contributed by atoms with Gasteiger partial charge in [0.1, 0.15) is 18.1 Å². The Kier molecular flexibility index (Phi) is 5.03. The molecule has 27 heavy (non-hydrogen) atoms. The summed E-state index contributed by atoms with van der Waals surface area (Å²) in [6.07, 6.45) is 1.81. The third-order valence-electron chi connectivity index (χ3n) is 4.08. The van der Waals surface area contributed by atoms with E-state index in [0.29, 0.717) is 18.1 Å². The molecule has 0 unspecified atom stereocenters. The van der Waals surface area contributed by atoms with Crippen LogP contribution in [-0.4, -0.2) is 40.6 Å². The van der Waals surface area contributed by atoms with E-state index in [9.17, 15) is 5.11 Å². The van der Waals surface area contributed by atoms with Crippen molar-refractivity contribution >= 4 is 11.8 Å². The Balaban J connectivity index is 1.64. The highest BCUT2D eigenvalue weighted by Crippen LogP contribution is 2.32. The first-order valence-corrected chi connectivity index (χ1v) is 9.40. The molecule has 1 aromatic carbocycles. The summed E-state index contributed by atoms with van der Waals surface area (Å²) in [5.74, 6) is 1.98. The number of imidazole rings is 1. The van der Waals surface area contributed by atoms with E-state index in [2.05, 4.69) is 25.1 Å². The maximum absolute atomic E-state index is 9.34. The molecule has 0 aliphatic carbocycles. The van der Waals surface area contributed by atoms with Crippen molar-refractivity contribution in [3.63, 3.8) is 0 Å². The molecule has 9 heteroatoms. The zero-order valence-corrected chi connectivity index (χ0v) is 15.5. The van der Waals surface area contributed by atoms with Crippen molar-refractivity contribution in [1.82, 2.24) is 29.8 Å². The number of rotatable bonds is 7. The molecular weight excluding hydrogens is 364 g/mol. The average molecular weight is 382 g/mol. The van der Waals surface area contributed by atoms with Crippen molar-refractivity contribution < 1.29 is 9.52 Å². The highest BCUT2D eigenvalue weighted by atomic mass is 32.2. The molecule has 0 radical (unpaired) electrons. The smallest absolute Gasteiger partial charge is 0.209 e. The highest BCUT2D eigenvalue weighted by molar-refractivity contribution is 7.99. The first kappa shape index (κ1) is 17.5. The Morgan fingerprint density at radius 2 is 2.00 bits per heavy atom. The maximum Gasteiger partial charge on any atom is 0.209 e. The van der Waals surface area contributed by atoms with E-state index >= 15 is 0 Å². The summed E-state index contributed by atoms with van der Waals surface area (Å²) in [5, 5.41) is 21.6. The molecule has 0 amide bonds. The van der Waals surface area contributed by atoms with Crippen molar-refractivity contribution in [3.05, 3.63) is 54.6 Å². The maximum atomic E-state index is 9.34. The molecular formula is C18H18N6O2S. The second kappa shape index (κ2) is 7.77. The Bertz CT molecular complexity index is 1020. The van der Waals surface area contributed by atoms with E-state index in [1.165, 1.54) is 0 Å². The molecule has 0 saturated carbocycles. The van der Waals surface area contributed by atoms with Crippen LogP contribution in [0, 0.1) is 0 Å². The minimum Gasteiger partial charge on any atom is -0.457 e. The molecule has 0 aliphatic rings. The van der Waals surface area contributed by atoms with Gasteiger partial charge >= 0.3 is 0 Å². The molecule has 3 heterocycles. The fourth-order valence-corrected chi connectivity index (χ4v) is 3.57. The van der Waals surface area contributed by atoms with Crippen molar-refractivity contribution in [2.24, 2.45) is 7.05 Å². The largest absolute Gasteiger partial charge is 0.457 e. The van der Waals surface area contributed by atoms with Crippen LogP contribution in [0.3, 0.4) is 0 Å². The van der Waals surface area contributed by atoms with Crippen LogP contribution in [0.15, 0.2) is 58.4 Å². The minimum absolute atomic E-state index is 0.135. The molecule has 0 atom stereocenters. The Hall–Kier alpha value is -2.91. The van der Waals surface area contributed by atoms with E-state index in [-0.39, 0.29) is 6.61 Å². The van der Waals surface area contributed by atoms with Gasteiger partial charge in [-0.3, -0.25) is 0 Å². The van der Waals surface area contributed by atoms with Crippen LogP contribution in [0.25, 0.3) is 22.7 Å². The van der Waals surface area contributed by atoms with Gasteiger partial charge in [-0.15, -0.1) is 5.10 Å². The van der Waals surface area contributed by atoms with Gasteiger partial charge in [0.05, 0.1) is 12.0 Å². The lowest BCUT2D eigenvalue weighted by atomic mass is 10.1. The van der Waals surface area contributed by atoms with Crippen molar-refractivity contribution in [2.45, 2.75) is 18.3 Å². The Morgan fingerprint density at radius 3 is 2.70 bits per heavy atom. The van der Waals surface area contributed by atoms with Crippen LogP contribution in [0.5, 0.6) is 0 Å². The predicted octanol–water partition coefficient (Wildman–Crippen LogP) is 2.62. The van der Waals surface area contributed by atoms with Gasteiger partial charge in [-0.05, 0) is 22.6 Å². The van der Waals surface area contributed by atoms with Crippen LogP contribution in [0.2, 0.25) is 0 Å². The molecule has 3 aromatic heterocycles. The number of tetrazole rings is 1. The van der Waals surface area contributed by atoms with Gasteiger partial charge in [-0.1, -0.05) is 42.1 Å². The Labute approximate surface area is 159 Å². The summed E-state index contributed by atoms with van der Waals surface area (Å²) in [7, 11) is 1.82.